The zero-order valence-corrected chi connectivity index (χ0v) is 16.8. The zero-order chi connectivity index (χ0) is 20.7. The van der Waals surface area contributed by atoms with Crippen molar-refractivity contribution >= 4 is 17.7 Å². The number of aromatic nitrogens is 5. The number of anilines is 2. The van der Waals surface area contributed by atoms with Crippen molar-refractivity contribution in [1.82, 2.24) is 30.0 Å². The number of rotatable bonds is 5. The smallest absolute Gasteiger partial charge is 0.254 e. The molecule has 5 aliphatic rings. The van der Waals surface area contributed by atoms with Gasteiger partial charge >= 0.3 is 0 Å². The first-order chi connectivity index (χ1) is 15.2. The first-order valence-corrected chi connectivity index (χ1v) is 10.8. The summed E-state index contributed by atoms with van der Waals surface area (Å²) in [5.41, 5.74) is 9.55. The van der Waals surface area contributed by atoms with Crippen molar-refractivity contribution in [2.45, 2.75) is 31.5 Å². The Labute approximate surface area is 178 Å². The monoisotopic (exact) mass is 414 g/mol. The molecule has 3 atom stereocenters. The van der Waals surface area contributed by atoms with E-state index in [1.165, 1.54) is 0 Å². The Bertz CT molecular complexity index is 1190. The molecule has 156 valence electrons. The van der Waals surface area contributed by atoms with Crippen molar-refractivity contribution < 1.29 is 4.79 Å². The van der Waals surface area contributed by atoms with E-state index in [1.54, 1.807) is 23.3 Å². The molecule has 9 heteroatoms. The van der Waals surface area contributed by atoms with Gasteiger partial charge < -0.3 is 16.0 Å². The van der Waals surface area contributed by atoms with Crippen molar-refractivity contribution in [1.29, 1.82) is 0 Å². The molecule has 2 unspecified atom stereocenters. The molecule has 0 aromatic carbocycles. The van der Waals surface area contributed by atoms with Crippen LogP contribution < -0.4 is 16.0 Å². The van der Waals surface area contributed by atoms with Gasteiger partial charge in [-0.05, 0) is 47.8 Å². The number of carbonyl (C=O) groups is 1. The summed E-state index contributed by atoms with van der Waals surface area (Å²) in [7, 11) is 0. The van der Waals surface area contributed by atoms with Gasteiger partial charge in [0.05, 0.1) is 24.3 Å². The SMILES string of the molecule is Nc1nccc2c1CC[C@H]2NC(=O)c1cnn(Cc2cnc(N3CC4C5C4C53)nc2)c1. The molecule has 8 rings (SSSR count). The molecule has 2 bridgehead atoms. The maximum Gasteiger partial charge on any atom is 0.254 e. The van der Waals surface area contributed by atoms with Crippen LogP contribution in [0, 0.1) is 17.8 Å². The Morgan fingerprint density at radius 2 is 2.03 bits per heavy atom. The van der Waals surface area contributed by atoms with Crippen LogP contribution in [0.25, 0.3) is 0 Å². The van der Waals surface area contributed by atoms with Crippen LogP contribution in [0.1, 0.15) is 39.5 Å². The number of fused-ring (bicyclic) bond motifs is 2. The number of piperidine rings is 1. The molecule has 5 heterocycles. The number of nitrogens with two attached hydrogens (primary N) is 1. The molecule has 31 heavy (non-hydrogen) atoms. The van der Waals surface area contributed by atoms with Gasteiger partial charge in [-0.15, -0.1) is 0 Å². The van der Waals surface area contributed by atoms with Crippen LogP contribution in [-0.2, 0) is 13.0 Å². The summed E-state index contributed by atoms with van der Waals surface area (Å²) < 4.78 is 1.74. The van der Waals surface area contributed by atoms with Gasteiger partial charge in [-0.25, -0.2) is 15.0 Å². The van der Waals surface area contributed by atoms with Gasteiger partial charge in [0.25, 0.3) is 5.91 Å². The second-order valence-corrected chi connectivity index (χ2v) is 9.11. The molecule has 0 radical (unpaired) electrons. The summed E-state index contributed by atoms with van der Waals surface area (Å²) in [6.45, 7) is 1.64. The second-order valence-electron chi connectivity index (χ2n) is 9.11. The third-order valence-corrected chi connectivity index (χ3v) is 7.39. The number of hydrogen-bond donors (Lipinski definition) is 2. The first kappa shape index (κ1) is 17.2. The maximum atomic E-state index is 12.7. The Morgan fingerprint density at radius 1 is 1.19 bits per heavy atom. The number of nitrogen functional groups attached to an aromatic ring is 1. The molecule has 2 saturated carbocycles. The van der Waals surface area contributed by atoms with E-state index in [0.29, 0.717) is 24.0 Å². The second kappa shape index (κ2) is 6.03. The molecule has 3 aromatic rings. The van der Waals surface area contributed by atoms with Crippen LogP contribution in [0.2, 0.25) is 0 Å². The van der Waals surface area contributed by atoms with Gasteiger partial charge in [0.15, 0.2) is 0 Å². The average Bonchev–Trinajstić information content (AvgIpc) is 3.31. The van der Waals surface area contributed by atoms with Crippen molar-refractivity contribution in [3.05, 3.63) is 59.3 Å². The number of carbonyl (C=O) groups excluding carboxylic acids is 1. The Kier molecular flexibility index (Phi) is 3.35. The summed E-state index contributed by atoms with van der Waals surface area (Å²) in [6.07, 6.45) is 10.4. The molecule has 2 saturated heterocycles. The fourth-order valence-corrected chi connectivity index (χ4v) is 5.64. The number of nitrogens with one attached hydrogen (secondary N) is 1. The van der Waals surface area contributed by atoms with E-state index in [0.717, 1.165) is 59.8 Å². The molecule has 1 amide bonds. The van der Waals surface area contributed by atoms with E-state index in [2.05, 4.69) is 30.3 Å². The lowest BCUT2D eigenvalue weighted by Gasteiger charge is -2.15. The molecular weight excluding hydrogens is 392 g/mol. The van der Waals surface area contributed by atoms with Crippen molar-refractivity contribution in [3.63, 3.8) is 0 Å². The Morgan fingerprint density at radius 3 is 2.81 bits per heavy atom. The summed E-state index contributed by atoms with van der Waals surface area (Å²) >= 11 is 0. The molecule has 0 spiro atoms. The minimum atomic E-state index is -0.137. The van der Waals surface area contributed by atoms with Crippen LogP contribution in [0.5, 0.6) is 0 Å². The van der Waals surface area contributed by atoms with Gasteiger partial charge in [0.2, 0.25) is 5.95 Å². The third-order valence-electron chi connectivity index (χ3n) is 7.39. The van der Waals surface area contributed by atoms with Crippen LogP contribution in [-0.4, -0.2) is 43.2 Å². The van der Waals surface area contributed by atoms with Crippen molar-refractivity contribution in [3.8, 4) is 0 Å². The molecule has 3 N–H and O–H groups in total. The zero-order valence-electron chi connectivity index (χ0n) is 16.8. The maximum absolute atomic E-state index is 12.7. The molecular formula is C22H22N8O. The molecule has 3 aliphatic carbocycles. The number of pyridine rings is 1. The Hall–Kier alpha value is -3.49. The Balaban J connectivity index is 1.01. The van der Waals surface area contributed by atoms with Gasteiger partial charge in [-0.1, -0.05) is 0 Å². The molecule has 4 fully saturated rings. The highest BCUT2D eigenvalue weighted by molar-refractivity contribution is 5.94. The van der Waals surface area contributed by atoms with E-state index in [9.17, 15) is 4.79 Å². The fourth-order valence-electron chi connectivity index (χ4n) is 5.64. The molecule has 3 aromatic heterocycles. The van der Waals surface area contributed by atoms with Gasteiger partial charge in [0, 0.05) is 42.9 Å². The van der Waals surface area contributed by atoms with Crippen LogP contribution >= 0.6 is 0 Å². The predicted octanol–water partition coefficient (Wildman–Crippen LogP) is 1.18. The quantitative estimate of drug-likeness (QED) is 0.644. The summed E-state index contributed by atoms with van der Waals surface area (Å²) in [5.74, 6) is 4.04. The van der Waals surface area contributed by atoms with E-state index >= 15 is 0 Å². The van der Waals surface area contributed by atoms with Crippen LogP contribution in [0.3, 0.4) is 0 Å². The highest BCUT2D eigenvalue weighted by atomic mass is 16.1. The van der Waals surface area contributed by atoms with E-state index in [1.807, 2.05) is 18.5 Å². The van der Waals surface area contributed by atoms with E-state index in [-0.39, 0.29) is 11.9 Å². The van der Waals surface area contributed by atoms with Crippen molar-refractivity contribution in [2.75, 3.05) is 17.2 Å². The minimum absolute atomic E-state index is 0.0458. The summed E-state index contributed by atoms with van der Waals surface area (Å²) in [6, 6.07) is 2.60. The van der Waals surface area contributed by atoms with Crippen LogP contribution in [0.15, 0.2) is 37.1 Å². The number of amides is 1. The summed E-state index contributed by atoms with van der Waals surface area (Å²) in [5, 5.41) is 7.45. The largest absolute Gasteiger partial charge is 0.383 e. The van der Waals surface area contributed by atoms with Crippen molar-refractivity contribution in [2.24, 2.45) is 17.8 Å². The molecule has 2 aliphatic heterocycles. The standard InChI is InChI=1S/C22H22N8O/c23-20-14-1-2-16(13(14)3-4-24-20)28-21(31)12-7-27-29(9-12)8-11-5-25-22(26-6-11)30-10-15-17-18(15)19(17)30/h3-7,9,15-19H,1-2,8,10H2,(H2,23,24)(H,28,31)/t15?,16-,17?,18?,19?/m1/s1. The van der Waals surface area contributed by atoms with E-state index < -0.39 is 0 Å². The summed E-state index contributed by atoms with van der Waals surface area (Å²) in [4.78, 5) is 28.4. The third kappa shape index (κ3) is 2.58. The van der Waals surface area contributed by atoms with Gasteiger partial charge in [-0.3, -0.25) is 9.48 Å². The lowest BCUT2D eigenvalue weighted by molar-refractivity contribution is 0.0936. The minimum Gasteiger partial charge on any atom is -0.383 e. The van der Waals surface area contributed by atoms with E-state index in [4.69, 9.17) is 5.73 Å². The lowest BCUT2D eigenvalue weighted by Crippen LogP contribution is -2.26. The topological polar surface area (TPSA) is 115 Å². The average molecular weight is 414 g/mol. The molecule has 9 nitrogen and oxygen atoms in total. The highest BCUT2D eigenvalue weighted by Crippen LogP contribution is 2.75. The highest BCUT2D eigenvalue weighted by Gasteiger charge is 2.81. The van der Waals surface area contributed by atoms with Gasteiger partial charge in [-0.2, -0.15) is 5.10 Å². The number of hydrogen-bond acceptors (Lipinski definition) is 7. The number of nitrogens with zero attached hydrogens (tertiary/aromatic N) is 6. The fraction of sp³-hybridized carbons (Fsp3) is 0.409. The normalized spacial score (nSPS) is 28.9. The van der Waals surface area contributed by atoms with Gasteiger partial charge in [0.1, 0.15) is 5.82 Å². The lowest BCUT2D eigenvalue weighted by atomic mass is 10.1. The first-order valence-electron chi connectivity index (χ1n) is 10.8. The predicted molar refractivity (Wildman–Crippen MR) is 112 cm³/mol. The van der Waals surface area contributed by atoms with Crippen LogP contribution in [0.4, 0.5) is 11.8 Å².